The van der Waals surface area contributed by atoms with Crippen molar-refractivity contribution < 1.29 is 27.9 Å². The van der Waals surface area contributed by atoms with E-state index in [1.807, 2.05) is 0 Å². The second-order valence-electron chi connectivity index (χ2n) is 7.17. The number of nitrogens with one attached hydrogen (secondary N) is 2. The predicted molar refractivity (Wildman–Crippen MR) is 89.3 cm³/mol. The average molecular weight is 379 g/mol. The van der Waals surface area contributed by atoms with Gasteiger partial charge in [0.25, 0.3) is 11.8 Å². The van der Waals surface area contributed by atoms with Gasteiger partial charge in [0.05, 0.1) is 6.54 Å². The summed E-state index contributed by atoms with van der Waals surface area (Å²) >= 11 is 0. The number of halogens is 2. The van der Waals surface area contributed by atoms with Gasteiger partial charge in [0.1, 0.15) is 18.4 Å². The lowest BCUT2D eigenvalue weighted by atomic mass is 10.0. The molecular weight excluding hydrogens is 360 g/mol. The van der Waals surface area contributed by atoms with Crippen LogP contribution in [-0.2, 0) is 16.1 Å². The molecule has 3 aliphatic rings. The van der Waals surface area contributed by atoms with Gasteiger partial charge in [0.2, 0.25) is 11.8 Å². The molecule has 3 aliphatic heterocycles. The summed E-state index contributed by atoms with van der Waals surface area (Å²) in [7, 11) is 0. The molecule has 2 unspecified atom stereocenters. The number of hydrogen-bond donors (Lipinski definition) is 2. The Morgan fingerprint density at radius 2 is 2.07 bits per heavy atom. The lowest BCUT2D eigenvalue weighted by Crippen LogP contribution is -2.52. The van der Waals surface area contributed by atoms with E-state index in [1.165, 1.54) is 4.90 Å². The van der Waals surface area contributed by atoms with E-state index in [0.29, 0.717) is 23.3 Å². The number of alkyl halides is 2. The fraction of sp³-hybridized carbons (Fsp3) is 0.500. The number of carbonyl (C=O) groups is 3. The summed E-state index contributed by atoms with van der Waals surface area (Å²) in [5, 5.41) is 4.98. The maximum absolute atomic E-state index is 13.2. The third-order valence-electron chi connectivity index (χ3n) is 5.14. The number of rotatable bonds is 4. The Bertz CT molecular complexity index is 814. The van der Waals surface area contributed by atoms with E-state index in [4.69, 9.17) is 4.74 Å². The summed E-state index contributed by atoms with van der Waals surface area (Å²) in [6, 6.07) is 3.85. The van der Waals surface area contributed by atoms with Crippen molar-refractivity contribution in [3.63, 3.8) is 0 Å². The van der Waals surface area contributed by atoms with Crippen molar-refractivity contribution in [2.75, 3.05) is 13.2 Å². The molecule has 27 heavy (non-hydrogen) atoms. The molecule has 2 atom stereocenters. The quantitative estimate of drug-likeness (QED) is 0.757. The standard InChI is InChI=1S/C18H19F2N3O4/c19-18(20)6-11(21-9-18)8-27-12-1-2-13-10(5-12)7-23(17(13)26)14-3-4-15(24)22-16(14)25/h1-2,5,11,14,21H,3-4,6-9H2,(H,22,24,25). The molecule has 2 saturated heterocycles. The Balaban J connectivity index is 1.42. The first kappa shape index (κ1) is 17.8. The van der Waals surface area contributed by atoms with E-state index in [2.05, 4.69) is 10.6 Å². The van der Waals surface area contributed by atoms with Crippen LogP contribution in [0.15, 0.2) is 18.2 Å². The van der Waals surface area contributed by atoms with Gasteiger partial charge in [-0.25, -0.2) is 8.78 Å². The molecule has 7 nitrogen and oxygen atoms in total. The van der Waals surface area contributed by atoms with Crippen molar-refractivity contribution in [2.45, 2.75) is 43.8 Å². The Morgan fingerprint density at radius 3 is 2.78 bits per heavy atom. The highest BCUT2D eigenvalue weighted by molar-refractivity contribution is 6.05. The van der Waals surface area contributed by atoms with Crippen LogP contribution < -0.4 is 15.4 Å². The third kappa shape index (κ3) is 3.51. The highest BCUT2D eigenvalue weighted by atomic mass is 19.3. The summed E-state index contributed by atoms with van der Waals surface area (Å²) in [5.74, 6) is -3.27. The monoisotopic (exact) mass is 379 g/mol. The number of carbonyl (C=O) groups excluding carboxylic acids is 3. The molecule has 3 heterocycles. The molecule has 1 aromatic rings. The SMILES string of the molecule is O=C1CCC(N2Cc3cc(OCC4CC(F)(F)CN4)ccc3C2=O)C(=O)N1. The van der Waals surface area contributed by atoms with Crippen LogP contribution in [0.3, 0.4) is 0 Å². The maximum atomic E-state index is 13.2. The molecule has 0 spiro atoms. The zero-order chi connectivity index (χ0) is 19.2. The number of benzene rings is 1. The molecule has 2 fully saturated rings. The molecule has 144 valence electrons. The minimum absolute atomic E-state index is 0.110. The van der Waals surface area contributed by atoms with Crippen LogP contribution in [0.5, 0.6) is 5.75 Å². The number of hydrogen-bond acceptors (Lipinski definition) is 5. The molecular formula is C18H19F2N3O4. The van der Waals surface area contributed by atoms with Gasteiger partial charge in [-0.3, -0.25) is 19.7 Å². The van der Waals surface area contributed by atoms with Crippen LogP contribution in [0, 0.1) is 0 Å². The molecule has 3 amide bonds. The molecule has 0 radical (unpaired) electrons. The molecule has 0 saturated carbocycles. The normalized spacial score (nSPS) is 26.9. The lowest BCUT2D eigenvalue weighted by Gasteiger charge is -2.29. The van der Waals surface area contributed by atoms with E-state index in [0.717, 1.165) is 0 Å². The number of nitrogens with zero attached hydrogens (tertiary/aromatic N) is 1. The molecule has 0 bridgehead atoms. The summed E-state index contributed by atoms with van der Waals surface area (Å²) in [6.45, 7) is 0.0111. The third-order valence-corrected chi connectivity index (χ3v) is 5.14. The molecule has 9 heteroatoms. The van der Waals surface area contributed by atoms with E-state index >= 15 is 0 Å². The van der Waals surface area contributed by atoms with Crippen LogP contribution >= 0.6 is 0 Å². The molecule has 1 aromatic carbocycles. The minimum atomic E-state index is -2.71. The van der Waals surface area contributed by atoms with Gasteiger partial charge in [-0.15, -0.1) is 0 Å². The number of amides is 3. The van der Waals surface area contributed by atoms with E-state index in [9.17, 15) is 23.2 Å². The van der Waals surface area contributed by atoms with Crippen molar-refractivity contribution in [1.82, 2.24) is 15.5 Å². The number of fused-ring (bicyclic) bond motifs is 1. The van der Waals surface area contributed by atoms with Gasteiger partial charge >= 0.3 is 0 Å². The van der Waals surface area contributed by atoms with Gasteiger partial charge in [0.15, 0.2) is 0 Å². The first-order chi connectivity index (χ1) is 12.8. The van der Waals surface area contributed by atoms with Gasteiger partial charge < -0.3 is 15.0 Å². The van der Waals surface area contributed by atoms with Gasteiger partial charge in [-0.2, -0.15) is 0 Å². The van der Waals surface area contributed by atoms with Crippen LogP contribution in [0.4, 0.5) is 8.78 Å². The highest BCUT2D eigenvalue weighted by Crippen LogP contribution is 2.31. The van der Waals surface area contributed by atoms with Crippen molar-refractivity contribution >= 4 is 17.7 Å². The Hall–Kier alpha value is -2.55. The van der Waals surface area contributed by atoms with E-state index < -0.39 is 23.9 Å². The van der Waals surface area contributed by atoms with Gasteiger partial charge in [0, 0.05) is 31.0 Å². The number of piperidine rings is 1. The smallest absolute Gasteiger partial charge is 0.261 e. The molecule has 0 aliphatic carbocycles. The molecule has 4 rings (SSSR count). The second kappa shape index (κ2) is 6.56. The second-order valence-corrected chi connectivity index (χ2v) is 7.17. The van der Waals surface area contributed by atoms with Crippen molar-refractivity contribution in [3.05, 3.63) is 29.3 Å². The molecule has 2 N–H and O–H groups in total. The number of ether oxygens (including phenoxy) is 1. The van der Waals surface area contributed by atoms with Gasteiger partial charge in [-0.1, -0.05) is 0 Å². The zero-order valence-corrected chi connectivity index (χ0v) is 14.5. The largest absolute Gasteiger partial charge is 0.492 e. The van der Waals surface area contributed by atoms with Crippen molar-refractivity contribution in [1.29, 1.82) is 0 Å². The zero-order valence-electron chi connectivity index (χ0n) is 14.5. The van der Waals surface area contributed by atoms with Crippen molar-refractivity contribution in [3.8, 4) is 5.75 Å². The maximum Gasteiger partial charge on any atom is 0.261 e. The summed E-state index contributed by atoms with van der Waals surface area (Å²) in [5.41, 5.74) is 1.20. The fourth-order valence-electron chi connectivity index (χ4n) is 3.75. The predicted octanol–water partition coefficient (Wildman–Crippen LogP) is 0.824. The molecule has 0 aromatic heterocycles. The average Bonchev–Trinajstić information content (AvgIpc) is 3.12. The Labute approximate surface area is 154 Å². The number of imide groups is 1. The summed E-state index contributed by atoms with van der Waals surface area (Å²) < 4.78 is 32.0. The van der Waals surface area contributed by atoms with Crippen LogP contribution in [0.1, 0.15) is 35.2 Å². The van der Waals surface area contributed by atoms with Gasteiger partial charge in [-0.05, 0) is 30.2 Å². The van der Waals surface area contributed by atoms with Crippen LogP contribution in [0.25, 0.3) is 0 Å². The van der Waals surface area contributed by atoms with Crippen molar-refractivity contribution in [2.24, 2.45) is 0 Å². The first-order valence-electron chi connectivity index (χ1n) is 8.84. The van der Waals surface area contributed by atoms with E-state index in [1.54, 1.807) is 18.2 Å². The van der Waals surface area contributed by atoms with Crippen LogP contribution in [-0.4, -0.2) is 53.8 Å². The minimum Gasteiger partial charge on any atom is -0.492 e. The lowest BCUT2D eigenvalue weighted by molar-refractivity contribution is -0.136. The fourth-order valence-corrected chi connectivity index (χ4v) is 3.75. The van der Waals surface area contributed by atoms with E-state index in [-0.39, 0.29) is 44.4 Å². The Kier molecular flexibility index (Phi) is 4.33. The topological polar surface area (TPSA) is 87.7 Å². The summed E-state index contributed by atoms with van der Waals surface area (Å²) in [6.07, 6.45) is 0.235. The highest BCUT2D eigenvalue weighted by Gasteiger charge is 2.40. The summed E-state index contributed by atoms with van der Waals surface area (Å²) in [4.78, 5) is 37.4. The van der Waals surface area contributed by atoms with Crippen LogP contribution in [0.2, 0.25) is 0 Å². The Morgan fingerprint density at radius 1 is 1.26 bits per heavy atom. The first-order valence-corrected chi connectivity index (χ1v) is 8.84.